The van der Waals surface area contributed by atoms with E-state index in [0.717, 1.165) is 12.0 Å². The highest BCUT2D eigenvalue weighted by Crippen LogP contribution is 2.24. The third-order valence-corrected chi connectivity index (χ3v) is 2.30. The largest absolute Gasteiger partial charge is 0.508 e. The summed E-state index contributed by atoms with van der Waals surface area (Å²) in [5, 5.41) is 9.10. The maximum absolute atomic E-state index is 10.8. The summed E-state index contributed by atoms with van der Waals surface area (Å²) in [6, 6.07) is 6.90. The molecule has 0 saturated carbocycles. The molecule has 0 aliphatic carbocycles. The molecule has 76 valence electrons. The molecule has 0 aromatic heterocycles. The van der Waals surface area contributed by atoms with Crippen molar-refractivity contribution in [2.24, 2.45) is 5.73 Å². The highest BCUT2D eigenvalue weighted by molar-refractivity contribution is 5.74. The predicted molar refractivity (Wildman–Crippen MR) is 55.0 cm³/mol. The zero-order valence-corrected chi connectivity index (χ0v) is 8.23. The van der Waals surface area contributed by atoms with Gasteiger partial charge in [0, 0.05) is 6.42 Å². The van der Waals surface area contributed by atoms with Crippen LogP contribution in [0.25, 0.3) is 0 Å². The van der Waals surface area contributed by atoms with Gasteiger partial charge in [-0.3, -0.25) is 4.79 Å². The quantitative estimate of drug-likeness (QED) is 0.765. The van der Waals surface area contributed by atoms with E-state index < -0.39 is 0 Å². The molecule has 0 aliphatic heterocycles. The molecular formula is C11H15NO2. The lowest BCUT2D eigenvalue weighted by atomic mass is 9.93. The van der Waals surface area contributed by atoms with Crippen LogP contribution >= 0.6 is 0 Å². The molecule has 1 rings (SSSR count). The van der Waals surface area contributed by atoms with Crippen molar-refractivity contribution in [3.63, 3.8) is 0 Å². The predicted octanol–water partition coefficient (Wildman–Crippen LogP) is 1.76. The number of primary amides is 1. The average molecular weight is 193 g/mol. The molecule has 0 fully saturated rings. The van der Waals surface area contributed by atoms with Gasteiger partial charge in [-0.25, -0.2) is 0 Å². The standard InChI is InChI=1S/C11H15NO2/c1-2-8(7-11(12)14)9-3-5-10(13)6-4-9/h3-6,8,13H,2,7H2,1H3,(H2,12,14). The van der Waals surface area contributed by atoms with Crippen molar-refractivity contribution in [3.05, 3.63) is 29.8 Å². The second-order valence-corrected chi connectivity index (χ2v) is 3.37. The molecule has 0 saturated heterocycles. The van der Waals surface area contributed by atoms with Gasteiger partial charge in [-0.2, -0.15) is 0 Å². The Morgan fingerprint density at radius 1 is 1.43 bits per heavy atom. The van der Waals surface area contributed by atoms with Crippen LogP contribution in [0.3, 0.4) is 0 Å². The van der Waals surface area contributed by atoms with Gasteiger partial charge >= 0.3 is 0 Å². The fourth-order valence-electron chi connectivity index (χ4n) is 1.49. The van der Waals surface area contributed by atoms with Crippen LogP contribution in [0.5, 0.6) is 5.75 Å². The van der Waals surface area contributed by atoms with Crippen molar-refractivity contribution in [1.82, 2.24) is 0 Å². The Bertz CT molecular complexity index is 306. The number of phenolic OH excluding ortho intramolecular Hbond substituents is 1. The maximum atomic E-state index is 10.8. The summed E-state index contributed by atoms with van der Waals surface area (Å²) in [5.74, 6) is 0.112. The molecule has 1 aromatic carbocycles. The van der Waals surface area contributed by atoms with E-state index in [1.54, 1.807) is 12.1 Å². The molecule has 0 heterocycles. The van der Waals surface area contributed by atoms with Gasteiger partial charge in [0.05, 0.1) is 0 Å². The molecule has 1 unspecified atom stereocenters. The zero-order valence-electron chi connectivity index (χ0n) is 8.23. The molecule has 1 aromatic rings. The van der Waals surface area contributed by atoms with Crippen LogP contribution in [0.15, 0.2) is 24.3 Å². The Balaban J connectivity index is 2.78. The third kappa shape index (κ3) is 2.76. The van der Waals surface area contributed by atoms with Crippen LogP contribution in [-0.2, 0) is 4.79 Å². The van der Waals surface area contributed by atoms with E-state index >= 15 is 0 Å². The Kier molecular flexibility index (Phi) is 3.51. The normalized spacial score (nSPS) is 12.4. The average Bonchev–Trinajstić information content (AvgIpc) is 2.15. The number of rotatable bonds is 4. The molecule has 1 atom stereocenters. The van der Waals surface area contributed by atoms with E-state index in [1.165, 1.54) is 0 Å². The number of benzene rings is 1. The molecule has 1 amide bonds. The van der Waals surface area contributed by atoms with E-state index in [1.807, 2.05) is 19.1 Å². The van der Waals surface area contributed by atoms with Gasteiger partial charge in [0.2, 0.25) is 5.91 Å². The third-order valence-electron chi connectivity index (χ3n) is 2.30. The number of nitrogens with two attached hydrogens (primary N) is 1. The summed E-state index contributed by atoms with van der Waals surface area (Å²) in [4.78, 5) is 10.8. The lowest BCUT2D eigenvalue weighted by molar-refractivity contribution is -0.118. The Hall–Kier alpha value is -1.51. The maximum Gasteiger partial charge on any atom is 0.218 e. The Morgan fingerprint density at radius 3 is 2.43 bits per heavy atom. The van der Waals surface area contributed by atoms with E-state index in [4.69, 9.17) is 10.8 Å². The fraction of sp³-hybridized carbons (Fsp3) is 0.364. The topological polar surface area (TPSA) is 63.3 Å². The molecule has 3 heteroatoms. The zero-order chi connectivity index (χ0) is 10.6. The van der Waals surface area contributed by atoms with E-state index in [0.29, 0.717) is 6.42 Å². The minimum Gasteiger partial charge on any atom is -0.508 e. The van der Waals surface area contributed by atoms with Gasteiger partial charge in [-0.15, -0.1) is 0 Å². The summed E-state index contributed by atoms with van der Waals surface area (Å²) in [5.41, 5.74) is 6.19. The second-order valence-electron chi connectivity index (χ2n) is 3.37. The van der Waals surface area contributed by atoms with Crippen LogP contribution in [-0.4, -0.2) is 11.0 Å². The second kappa shape index (κ2) is 4.65. The highest BCUT2D eigenvalue weighted by atomic mass is 16.3. The summed E-state index contributed by atoms with van der Waals surface area (Å²) in [6.45, 7) is 2.01. The van der Waals surface area contributed by atoms with E-state index in [9.17, 15) is 4.79 Å². The van der Waals surface area contributed by atoms with Gasteiger partial charge < -0.3 is 10.8 Å². The number of phenols is 1. The lowest BCUT2D eigenvalue weighted by Crippen LogP contribution is -2.14. The van der Waals surface area contributed by atoms with Crippen molar-refractivity contribution >= 4 is 5.91 Å². The Morgan fingerprint density at radius 2 is 2.00 bits per heavy atom. The first kappa shape index (κ1) is 10.6. The summed E-state index contributed by atoms with van der Waals surface area (Å²) < 4.78 is 0. The number of amides is 1. The molecule has 3 nitrogen and oxygen atoms in total. The summed E-state index contributed by atoms with van der Waals surface area (Å²) >= 11 is 0. The van der Waals surface area contributed by atoms with Crippen LogP contribution in [0.1, 0.15) is 31.2 Å². The van der Waals surface area contributed by atoms with Gasteiger partial charge in [-0.1, -0.05) is 19.1 Å². The molecule has 0 spiro atoms. The molecular weight excluding hydrogens is 178 g/mol. The first-order chi connectivity index (χ1) is 6.63. The number of aromatic hydroxyl groups is 1. The minimum absolute atomic E-state index is 0.160. The first-order valence-corrected chi connectivity index (χ1v) is 4.70. The van der Waals surface area contributed by atoms with Crippen molar-refractivity contribution in [3.8, 4) is 5.75 Å². The molecule has 14 heavy (non-hydrogen) atoms. The van der Waals surface area contributed by atoms with Crippen molar-refractivity contribution in [1.29, 1.82) is 0 Å². The number of carbonyl (C=O) groups excluding carboxylic acids is 1. The summed E-state index contributed by atoms with van der Waals surface area (Å²) in [6.07, 6.45) is 1.23. The smallest absolute Gasteiger partial charge is 0.218 e. The van der Waals surface area contributed by atoms with Crippen LogP contribution in [0.4, 0.5) is 0 Å². The van der Waals surface area contributed by atoms with E-state index in [-0.39, 0.29) is 17.6 Å². The summed E-state index contributed by atoms with van der Waals surface area (Å²) in [7, 11) is 0. The Labute approximate surface area is 83.6 Å². The highest BCUT2D eigenvalue weighted by Gasteiger charge is 2.11. The molecule has 0 radical (unpaired) electrons. The van der Waals surface area contributed by atoms with Crippen LogP contribution < -0.4 is 5.73 Å². The molecule has 3 N–H and O–H groups in total. The van der Waals surface area contributed by atoms with Gasteiger partial charge in [-0.05, 0) is 30.0 Å². The van der Waals surface area contributed by atoms with Crippen molar-refractivity contribution < 1.29 is 9.90 Å². The molecule has 0 aliphatic rings. The van der Waals surface area contributed by atoms with Gasteiger partial charge in [0.15, 0.2) is 0 Å². The number of carbonyl (C=O) groups is 1. The molecule has 0 bridgehead atoms. The SMILES string of the molecule is CCC(CC(N)=O)c1ccc(O)cc1. The van der Waals surface area contributed by atoms with Gasteiger partial charge in [0.1, 0.15) is 5.75 Å². The lowest BCUT2D eigenvalue weighted by Gasteiger charge is -2.12. The van der Waals surface area contributed by atoms with Crippen LogP contribution in [0.2, 0.25) is 0 Å². The van der Waals surface area contributed by atoms with Crippen molar-refractivity contribution in [2.75, 3.05) is 0 Å². The first-order valence-electron chi connectivity index (χ1n) is 4.70. The number of hydrogen-bond acceptors (Lipinski definition) is 2. The van der Waals surface area contributed by atoms with Gasteiger partial charge in [0.25, 0.3) is 0 Å². The fourth-order valence-corrected chi connectivity index (χ4v) is 1.49. The minimum atomic E-state index is -0.287. The van der Waals surface area contributed by atoms with Crippen LogP contribution in [0, 0.1) is 0 Å². The van der Waals surface area contributed by atoms with E-state index in [2.05, 4.69) is 0 Å². The van der Waals surface area contributed by atoms with Crippen molar-refractivity contribution in [2.45, 2.75) is 25.7 Å². The number of hydrogen-bond donors (Lipinski definition) is 2. The monoisotopic (exact) mass is 193 g/mol.